The van der Waals surface area contributed by atoms with Gasteiger partial charge >= 0.3 is 0 Å². The molecule has 6 heteroatoms. The number of hydrogen-bond donors (Lipinski definition) is 1. The van der Waals surface area contributed by atoms with Gasteiger partial charge in [0.1, 0.15) is 0 Å². The summed E-state index contributed by atoms with van der Waals surface area (Å²) in [5.74, 6) is 0.351. The van der Waals surface area contributed by atoms with Gasteiger partial charge in [-0.05, 0) is 25.2 Å². The minimum Gasteiger partial charge on any atom is -0.391 e. The maximum atomic E-state index is 12.1. The summed E-state index contributed by atoms with van der Waals surface area (Å²) in [6.45, 7) is 1.98. The normalized spacial score (nSPS) is 24.1. The summed E-state index contributed by atoms with van der Waals surface area (Å²) >= 11 is 0. The lowest BCUT2D eigenvalue weighted by Crippen LogP contribution is -2.31. The van der Waals surface area contributed by atoms with E-state index in [2.05, 4.69) is 10.00 Å². The second kappa shape index (κ2) is 5.54. The zero-order valence-electron chi connectivity index (χ0n) is 11.7. The van der Waals surface area contributed by atoms with Crippen molar-refractivity contribution >= 4 is 5.69 Å². The number of rotatable bonds is 5. The van der Waals surface area contributed by atoms with Gasteiger partial charge in [-0.3, -0.25) is 4.79 Å². The standard InChI is InChI=1S/C14H21N3O3/c1-20-12-4-5-16(8-12)11-6-14(19)17(15-7-11)9-13(18)10-2-3-10/h6-7,10,12-13,18H,2-5,8-9H2,1H3. The number of aliphatic hydroxyl groups is 1. The van der Waals surface area contributed by atoms with Crippen molar-refractivity contribution in [2.45, 2.75) is 38.0 Å². The van der Waals surface area contributed by atoms with Crippen LogP contribution in [0.3, 0.4) is 0 Å². The minimum absolute atomic E-state index is 0.150. The smallest absolute Gasteiger partial charge is 0.268 e. The molecule has 0 radical (unpaired) electrons. The molecule has 1 aromatic rings. The van der Waals surface area contributed by atoms with E-state index >= 15 is 0 Å². The van der Waals surface area contributed by atoms with Crippen LogP contribution in [-0.2, 0) is 11.3 Å². The second-order valence-corrected chi connectivity index (χ2v) is 5.73. The first-order chi connectivity index (χ1) is 9.67. The number of ether oxygens (including phenoxy) is 1. The summed E-state index contributed by atoms with van der Waals surface area (Å²) in [6.07, 6.45) is 4.57. The molecule has 2 unspecified atom stereocenters. The van der Waals surface area contributed by atoms with E-state index in [0.717, 1.165) is 38.0 Å². The van der Waals surface area contributed by atoms with Crippen LogP contribution in [0, 0.1) is 5.92 Å². The van der Waals surface area contributed by atoms with Gasteiger partial charge in [0.2, 0.25) is 0 Å². The Morgan fingerprint density at radius 2 is 2.30 bits per heavy atom. The van der Waals surface area contributed by atoms with E-state index in [0.29, 0.717) is 12.5 Å². The Labute approximate surface area is 118 Å². The van der Waals surface area contributed by atoms with Crippen molar-refractivity contribution in [1.29, 1.82) is 0 Å². The van der Waals surface area contributed by atoms with E-state index < -0.39 is 6.10 Å². The van der Waals surface area contributed by atoms with Crippen LogP contribution in [0.2, 0.25) is 0 Å². The molecule has 2 fully saturated rings. The predicted molar refractivity (Wildman–Crippen MR) is 74.9 cm³/mol. The van der Waals surface area contributed by atoms with Crippen LogP contribution in [0.25, 0.3) is 0 Å². The number of aliphatic hydroxyl groups excluding tert-OH is 1. The number of aromatic nitrogens is 2. The molecule has 1 saturated carbocycles. The van der Waals surface area contributed by atoms with Crippen molar-refractivity contribution in [2.24, 2.45) is 5.92 Å². The third-order valence-corrected chi connectivity index (χ3v) is 4.22. The zero-order chi connectivity index (χ0) is 14.1. The van der Waals surface area contributed by atoms with Crippen molar-refractivity contribution in [3.8, 4) is 0 Å². The first-order valence-electron chi connectivity index (χ1n) is 7.20. The first kappa shape index (κ1) is 13.6. The topological polar surface area (TPSA) is 67.6 Å². The van der Waals surface area contributed by atoms with Crippen LogP contribution in [0.15, 0.2) is 17.1 Å². The monoisotopic (exact) mass is 279 g/mol. The van der Waals surface area contributed by atoms with Crippen molar-refractivity contribution in [2.75, 3.05) is 25.1 Å². The van der Waals surface area contributed by atoms with Gasteiger partial charge in [0.25, 0.3) is 5.56 Å². The molecule has 3 rings (SSSR count). The van der Waals surface area contributed by atoms with Gasteiger partial charge in [-0.25, -0.2) is 4.68 Å². The Hall–Kier alpha value is -1.40. The van der Waals surface area contributed by atoms with Gasteiger partial charge in [0.05, 0.1) is 30.6 Å². The van der Waals surface area contributed by atoms with E-state index in [1.54, 1.807) is 19.4 Å². The molecule has 0 bridgehead atoms. The highest BCUT2D eigenvalue weighted by Gasteiger charge is 2.30. The molecule has 1 saturated heterocycles. The number of nitrogens with zero attached hydrogens (tertiary/aromatic N) is 3. The van der Waals surface area contributed by atoms with E-state index in [9.17, 15) is 9.90 Å². The highest BCUT2D eigenvalue weighted by Crippen LogP contribution is 2.32. The summed E-state index contributed by atoms with van der Waals surface area (Å²) in [5.41, 5.74) is 0.690. The molecule has 0 spiro atoms. The molecule has 1 N–H and O–H groups in total. The van der Waals surface area contributed by atoms with Crippen LogP contribution in [-0.4, -0.2) is 47.3 Å². The molecule has 0 aromatic carbocycles. The van der Waals surface area contributed by atoms with Crippen LogP contribution >= 0.6 is 0 Å². The average Bonchev–Trinajstić information content (AvgIpc) is 3.19. The largest absolute Gasteiger partial charge is 0.391 e. The Kier molecular flexibility index (Phi) is 3.76. The van der Waals surface area contributed by atoms with Gasteiger partial charge in [-0.2, -0.15) is 5.10 Å². The van der Waals surface area contributed by atoms with Gasteiger partial charge in [0.15, 0.2) is 0 Å². The van der Waals surface area contributed by atoms with Gasteiger partial charge < -0.3 is 14.7 Å². The van der Waals surface area contributed by atoms with E-state index in [1.807, 2.05) is 0 Å². The Balaban J connectivity index is 1.69. The van der Waals surface area contributed by atoms with Crippen molar-refractivity contribution in [1.82, 2.24) is 9.78 Å². The lowest BCUT2D eigenvalue weighted by Gasteiger charge is -2.18. The third kappa shape index (κ3) is 2.86. The van der Waals surface area contributed by atoms with Gasteiger partial charge in [0, 0.05) is 26.3 Å². The van der Waals surface area contributed by atoms with Crippen LogP contribution in [0.4, 0.5) is 5.69 Å². The van der Waals surface area contributed by atoms with Crippen LogP contribution in [0.5, 0.6) is 0 Å². The highest BCUT2D eigenvalue weighted by molar-refractivity contribution is 5.44. The number of methoxy groups -OCH3 is 1. The van der Waals surface area contributed by atoms with Crippen LogP contribution < -0.4 is 10.5 Å². The molecule has 1 aliphatic heterocycles. The number of hydrogen-bond acceptors (Lipinski definition) is 5. The molecule has 2 aliphatic rings. The zero-order valence-corrected chi connectivity index (χ0v) is 11.7. The quantitative estimate of drug-likeness (QED) is 0.836. The molecular formula is C14H21N3O3. The maximum absolute atomic E-state index is 12.1. The van der Waals surface area contributed by atoms with Crippen molar-refractivity contribution in [3.63, 3.8) is 0 Å². The average molecular weight is 279 g/mol. The van der Waals surface area contributed by atoms with Gasteiger partial charge in [-0.1, -0.05) is 0 Å². The summed E-state index contributed by atoms with van der Waals surface area (Å²) in [7, 11) is 1.71. The fourth-order valence-corrected chi connectivity index (χ4v) is 2.70. The predicted octanol–water partition coefficient (Wildman–Crippen LogP) is 0.239. The second-order valence-electron chi connectivity index (χ2n) is 5.73. The molecule has 2 heterocycles. The Morgan fingerprint density at radius 1 is 1.50 bits per heavy atom. The Morgan fingerprint density at radius 3 is 2.90 bits per heavy atom. The molecule has 6 nitrogen and oxygen atoms in total. The molecule has 1 aromatic heterocycles. The third-order valence-electron chi connectivity index (χ3n) is 4.22. The maximum Gasteiger partial charge on any atom is 0.268 e. The van der Waals surface area contributed by atoms with Crippen molar-refractivity contribution in [3.05, 3.63) is 22.6 Å². The molecule has 1 aliphatic carbocycles. The van der Waals surface area contributed by atoms with E-state index in [1.165, 1.54) is 4.68 Å². The fraction of sp³-hybridized carbons (Fsp3) is 0.714. The highest BCUT2D eigenvalue weighted by atomic mass is 16.5. The molecular weight excluding hydrogens is 258 g/mol. The minimum atomic E-state index is -0.448. The molecule has 20 heavy (non-hydrogen) atoms. The SMILES string of the molecule is COC1CCN(c2cnn(CC(O)C3CC3)c(=O)c2)C1. The summed E-state index contributed by atoms with van der Waals surface area (Å²) < 4.78 is 6.68. The first-order valence-corrected chi connectivity index (χ1v) is 7.20. The van der Waals surface area contributed by atoms with Crippen LogP contribution in [0.1, 0.15) is 19.3 Å². The number of anilines is 1. The molecule has 0 amide bonds. The lowest BCUT2D eigenvalue weighted by atomic mass is 10.2. The van der Waals surface area contributed by atoms with E-state index in [4.69, 9.17) is 4.74 Å². The fourth-order valence-electron chi connectivity index (χ4n) is 2.70. The van der Waals surface area contributed by atoms with E-state index in [-0.39, 0.29) is 11.7 Å². The summed E-state index contributed by atoms with van der Waals surface area (Å²) in [6, 6.07) is 1.60. The Bertz CT molecular complexity index is 527. The summed E-state index contributed by atoms with van der Waals surface area (Å²) in [4.78, 5) is 14.2. The lowest BCUT2D eigenvalue weighted by molar-refractivity contribution is 0.121. The van der Waals surface area contributed by atoms with Gasteiger partial charge in [-0.15, -0.1) is 0 Å². The van der Waals surface area contributed by atoms with Crippen molar-refractivity contribution < 1.29 is 9.84 Å². The molecule has 2 atom stereocenters. The molecule has 110 valence electrons. The summed E-state index contributed by atoms with van der Waals surface area (Å²) in [5, 5.41) is 14.1.